The molecule has 128 valence electrons. The summed E-state index contributed by atoms with van der Waals surface area (Å²) in [7, 11) is 0. The van der Waals surface area contributed by atoms with E-state index in [1.165, 1.54) is 23.5 Å². The lowest BCUT2D eigenvalue weighted by molar-refractivity contribution is 0.284. The molecular weight excluding hydrogens is 344 g/mol. The molecule has 0 amide bonds. The van der Waals surface area contributed by atoms with Crippen LogP contribution in [0.25, 0.3) is 0 Å². The minimum absolute atomic E-state index is 0.103. The molecular formula is C18H15F2N3OS. The summed E-state index contributed by atoms with van der Waals surface area (Å²) in [6.45, 7) is 2.07. The number of aryl methyl sites for hydroxylation is 1. The Bertz CT molecular complexity index is 878. The summed E-state index contributed by atoms with van der Waals surface area (Å²) in [5, 5.41) is 6.79. The molecule has 0 saturated heterocycles. The highest BCUT2D eigenvalue weighted by Crippen LogP contribution is 2.20. The monoisotopic (exact) mass is 359 g/mol. The van der Waals surface area contributed by atoms with Crippen LogP contribution in [0.2, 0.25) is 0 Å². The second-order valence-electron chi connectivity index (χ2n) is 5.25. The third-order valence-corrected chi connectivity index (χ3v) is 4.15. The lowest BCUT2D eigenvalue weighted by Crippen LogP contribution is -1.99. The van der Waals surface area contributed by atoms with Gasteiger partial charge in [0, 0.05) is 5.38 Å². The zero-order chi connectivity index (χ0) is 17.6. The van der Waals surface area contributed by atoms with Crippen molar-refractivity contribution in [2.24, 2.45) is 5.10 Å². The average molecular weight is 359 g/mol. The number of thiazole rings is 1. The Morgan fingerprint density at radius 3 is 2.72 bits per heavy atom. The first-order chi connectivity index (χ1) is 12.1. The molecule has 0 radical (unpaired) electrons. The van der Waals surface area contributed by atoms with Crippen molar-refractivity contribution in [2.45, 2.75) is 13.5 Å². The van der Waals surface area contributed by atoms with Crippen LogP contribution < -0.4 is 10.2 Å². The molecule has 1 aromatic heterocycles. The molecule has 0 saturated carbocycles. The molecule has 3 aromatic rings. The number of nitrogens with zero attached hydrogens (tertiary/aromatic N) is 2. The van der Waals surface area contributed by atoms with Crippen molar-refractivity contribution in [1.29, 1.82) is 0 Å². The number of hydrogen-bond acceptors (Lipinski definition) is 5. The maximum Gasteiger partial charge on any atom is 0.203 e. The normalized spacial score (nSPS) is 11.0. The summed E-state index contributed by atoms with van der Waals surface area (Å²) in [6, 6.07) is 11.3. The van der Waals surface area contributed by atoms with Crippen LogP contribution in [0.5, 0.6) is 5.75 Å². The molecule has 0 fully saturated rings. The van der Waals surface area contributed by atoms with E-state index in [1.807, 2.05) is 36.6 Å². The summed E-state index contributed by atoms with van der Waals surface area (Å²) >= 11 is 1.48. The Kier molecular flexibility index (Phi) is 5.35. The zero-order valence-electron chi connectivity index (χ0n) is 13.4. The van der Waals surface area contributed by atoms with Crippen molar-refractivity contribution in [2.75, 3.05) is 5.43 Å². The van der Waals surface area contributed by atoms with Crippen LogP contribution in [0.4, 0.5) is 13.9 Å². The maximum atomic E-state index is 13.5. The topological polar surface area (TPSA) is 46.5 Å². The minimum Gasteiger partial charge on any atom is -0.486 e. The van der Waals surface area contributed by atoms with Gasteiger partial charge in [0.25, 0.3) is 0 Å². The molecule has 1 heterocycles. The number of ether oxygens (including phenoxy) is 1. The smallest absolute Gasteiger partial charge is 0.203 e. The third-order valence-electron chi connectivity index (χ3n) is 3.28. The molecule has 0 atom stereocenters. The van der Waals surface area contributed by atoms with Crippen molar-refractivity contribution in [1.82, 2.24) is 4.98 Å². The van der Waals surface area contributed by atoms with Gasteiger partial charge in [0.2, 0.25) is 10.9 Å². The second kappa shape index (κ2) is 7.85. The fourth-order valence-corrected chi connectivity index (χ4v) is 2.66. The van der Waals surface area contributed by atoms with E-state index in [1.54, 1.807) is 6.21 Å². The van der Waals surface area contributed by atoms with Crippen molar-refractivity contribution in [3.05, 3.63) is 76.3 Å². The van der Waals surface area contributed by atoms with Crippen molar-refractivity contribution in [3.63, 3.8) is 0 Å². The first-order valence-electron chi connectivity index (χ1n) is 7.49. The van der Waals surface area contributed by atoms with Gasteiger partial charge in [-0.2, -0.15) is 9.49 Å². The average Bonchev–Trinajstić information content (AvgIpc) is 3.03. The molecule has 2 aromatic carbocycles. The molecule has 0 unspecified atom stereocenters. The third kappa shape index (κ3) is 4.60. The standard InChI is InChI=1S/C18H15F2N3OS/c1-12-11-25-18(22-12)23-21-9-13-5-7-14(8-6-13)10-24-16-4-2-3-15(19)17(16)20/h2-9,11H,10H2,1H3,(H,22,23). The molecule has 7 heteroatoms. The highest BCUT2D eigenvalue weighted by molar-refractivity contribution is 7.13. The fraction of sp³-hybridized carbons (Fsp3) is 0.111. The number of aromatic nitrogens is 1. The number of anilines is 1. The van der Waals surface area contributed by atoms with Crippen LogP contribution in [-0.2, 0) is 6.61 Å². The van der Waals surface area contributed by atoms with Gasteiger partial charge in [0.05, 0.1) is 11.9 Å². The maximum absolute atomic E-state index is 13.5. The van der Waals surface area contributed by atoms with Crippen LogP contribution >= 0.6 is 11.3 Å². The van der Waals surface area contributed by atoms with Crippen LogP contribution in [0.3, 0.4) is 0 Å². The van der Waals surface area contributed by atoms with Gasteiger partial charge in [-0.1, -0.05) is 30.3 Å². The Morgan fingerprint density at radius 1 is 1.20 bits per heavy atom. The van der Waals surface area contributed by atoms with E-state index < -0.39 is 11.6 Å². The van der Waals surface area contributed by atoms with E-state index in [4.69, 9.17) is 4.74 Å². The molecule has 0 aliphatic heterocycles. The molecule has 0 aliphatic rings. The highest BCUT2D eigenvalue weighted by atomic mass is 32.1. The SMILES string of the molecule is Cc1csc(NN=Cc2ccc(COc3cccc(F)c3F)cc2)n1. The molecule has 25 heavy (non-hydrogen) atoms. The predicted molar refractivity (Wildman–Crippen MR) is 95.2 cm³/mol. The van der Waals surface area contributed by atoms with E-state index in [-0.39, 0.29) is 12.4 Å². The van der Waals surface area contributed by atoms with Gasteiger partial charge >= 0.3 is 0 Å². The lowest BCUT2D eigenvalue weighted by Gasteiger charge is -2.07. The van der Waals surface area contributed by atoms with Crippen LogP contribution in [0.1, 0.15) is 16.8 Å². The molecule has 1 N–H and O–H groups in total. The van der Waals surface area contributed by atoms with E-state index in [0.29, 0.717) is 0 Å². The second-order valence-corrected chi connectivity index (χ2v) is 6.10. The lowest BCUT2D eigenvalue weighted by atomic mass is 10.1. The molecule has 0 spiro atoms. The molecule has 3 rings (SSSR count). The van der Waals surface area contributed by atoms with Crippen molar-refractivity contribution >= 4 is 22.7 Å². The Balaban J connectivity index is 1.55. The van der Waals surface area contributed by atoms with E-state index in [2.05, 4.69) is 15.5 Å². The summed E-state index contributed by atoms with van der Waals surface area (Å²) < 4.78 is 32.0. The first kappa shape index (κ1) is 17.0. The summed E-state index contributed by atoms with van der Waals surface area (Å²) in [5.41, 5.74) is 5.54. The quantitative estimate of drug-likeness (QED) is 0.510. The van der Waals surface area contributed by atoms with Crippen LogP contribution in [0.15, 0.2) is 52.9 Å². The largest absolute Gasteiger partial charge is 0.486 e. The molecule has 0 aliphatic carbocycles. The Hall–Kier alpha value is -2.80. The van der Waals surface area contributed by atoms with Crippen molar-refractivity contribution in [3.8, 4) is 5.75 Å². The van der Waals surface area contributed by atoms with Gasteiger partial charge in [-0.25, -0.2) is 9.37 Å². The summed E-state index contributed by atoms with van der Waals surface area (Å²) in [5.74, 6) is -2.00. The number of rotatable bonds is 6. The van der Waals surface area contributed by atoms with Crippen LogP contribution in [0, 0.1) is 18.6 Å². The van der Waals surface area contributed by atoms with E-state index >= 15 is 0 Å². The number of halogens is 2. The summed E-state index contributed by atoms with van der Waals surface area (Å²) in [4.78, 5) is 4.24. The van der Waals surface area contributed by atoms with Gasteiger partial charge in [-0.15, -0.1) is 11.3 Å². The summed E-state index contributed by atoms with van der Waals surface area (Å²) in [6.07, 6.45) is 1.67. The molecule has 4 nitrogen and oxygen atoms in total. The zero-order valence-corrected chi connectivity index (χ0v) is 14.2. The van der Waals surface area contributed by atoms with E-state index in [9.17, 15) is 8.78 Å². The highest BCUT2D eigenvalue weighted by Gasteiger charge is 2.08. The Morgan fingerprint density at radius 2 is 2.00 bits per heavy atom. The first-order valence-corrected chi connectivity index (χ1v) is 8.37. The predicted octanol–water partition coefficient (Wildman–Crippen LogP) is 4.75. The number of benzene rings is 2. The number of hydrazone groups is 1. The number of nitrogens with one attached hydrogen (secondary N) is 1. The van der Waals surface area contributed by atoms with Crippen LogP contribution in [-0.4, -0.2) is 11.2 Å². The van der Waals surface area contributed by atoms with Gasteiger partial charge in [0.1, 0.15) is 6.61 Å². The van der Waals surface area contributed by atoms with Crippen molar-refractivity contribution < 1.29 is 13.5 Å². The van der Waals surface area contributed by atoms with Gasteiger partial charge in [-0.3, -0.25) is 5.43 Å². The molecule has 0 bridgehead atoms. The minimum atomic E-state index is -0.977. The van der Waals surface area contributed by atoms with Gasteiger partial charge < -0.3 is 4.74 Å². The van der Waals surface area contributed by atoms with Gasteiger partial charge in [0.15, 0.2) is 11.6 Å². The van der Waals surface area contributed by atoms with E-state index in [0.717, 1.165) is 28.0 Å². The Labute approximate surface area is 147 Å². The fourth-order valence-electron chi connectivity index (χ4n) is 2.02. The number of hydrogen-bond donors (Lipinski definition) is 1. The van der Waals surface area contributed by atoms with Gasteiger partial charge in [-0.05, 0) is 30.2 Å².